The number of rotatable bonds is 5. The van der Waals surface area contributed by atoms with Crippen LogP contribution in [0.25, 0.3) is 11.1 Å². The summed E-state index contributed by atoms with van der Waals surface area (Å²) in [5, 5.41) is 2.59. The van der Waals surface area contributed by atoms with Crippen molar-refractivity contribution in [1.29, 1.82) is 0 Å². The van der Waals surface area contributed by atoms with Crippen LogP contribution < -0.4 is 14.8 Å². The summed E-state index contributed by atoms with van der Waals surface area (Å²) in [7, 11) is -2.39. The maximum Gasteiger partial charge on any atom is 0.261 e. The predicted octanol–water partition coefficient (Wildman–Crippen LogP) is 4.03. The van der Waals surface area contributed by atoms with Gasteiger partial charge in [0.05, 0.1) is 17.7 Å². The van der Waals surface area contributed by atoms with Crippen molar-refractivity contribution in [3.8, 4) is 16.9 Å². The highest BCUT2D eigenvalue weighted by Gasteiger charge is 2.21. The van der Waals surface area contributed by atoms with Crippen molar-refractivity contribution in [3.05, 3.63) is 71.8 Å². The summed E-state index contributed by atoms with van der Waals surface area (Å²) in [5.41, 5.74) is 5.35. The number of fused-ring (bicyclic) bond motifs is 3. The van der Waals surface area contributed by atoms with Crippen molar-refractivity contribution >= 4 is 27.3 Å². The zero-order valence-electron chi connectivity index (χ0n) is 16.0. The van der Waals surface area contributed by atoms with E-state index in [0.29, 0.717) is 17.1 Å². The highest BCUT2D eigenvalue weighted by atomic mass is 32.2. The van der Waals surface area contributed by atoms with Crippen LogP contribution in [0.15, 0.2) is 65.6 Å². The number of sulfonamides is 1. The molecule has 0 aromatic heterocycles. The van der Waals surface area contributed by atoms with Crippen LogP contribution in [0.5, 0.6) is 5.75 Å². The van der Waals surface area contributed by atoms with Crippen LogP contribution in [-0.2, 0) is 21.2 Å². The normalized spacial score (nSPS) is 12.1. The summed E-state index contributed by atoms with van der Waals surface area (Å²) in [6.45, 7) is 1.35. The van der Waals surface area contributed by atoms with Gasteiger partial charge < -0.3 is 10.1 Å². The van der Waals surface area contributed by atoms with Gasteiger partial charge in [0.2, 0.25) is 5.91 Å². The van der Waals surface area contributed by atoms with E-state index in [1.807, 2.05) is 30.3 Å². The first-order valence-electron chi connectivity index (χ1n) is 9.07. The van der Waals surface area contributed by atoms with Gasteiger partial charge in [-0.1, -0.05) is 30.3 Å². The van der Waals surface area contributed by atoms with Gasteiger partial charge in [-0.25, -0.2) is 8.42 Å². The zero-order valence-corrected chi connectivity index (χ0v) is 16.8. The molecule has 0 radical (unpaired) electrons. The Morgan fingerprint density at radius 3 is 2.48 bits per heavy atom. The maximum absolute atomic E-state index is 12.9. The van der Waals surface area contributed by atoms with E-state index < -0.39 is 10.0 Å². The van der Waals surface area contributed by atoms with E-state index in [0.717, 1.165) is 17.5 Å². The fourth-order valence-electron chi connectivity index (χ4n) is 3.54. The molecule has 1 aliphatic rings. The van der Waals surface area contributed by atoms with E-state index in [2.05, 4.69) is 16.1 Å². The van der Waals surface area contributed by atoms with Crippen LogP contribution in [0.1, 0.15) is 18.1 Å². The molecule has 0 saturated carbocycles. The second-order valence-corrected chi connectivity index (χ2v) is 8.54. The summed E-state index contributed by atoms with van der Waals surface area (Å²) < 4.78 is 33.7. The Hall–Kier alpha value is -3.32. The molecular weight excluding hydrogens is 388 g/mol. The molecule has 0 unspecified atom stereocenters. The number of methoxy groups -OCH3 is 1. The van der Waals surface area contributed by atoms with Crippen molar-refractivity contribution in [2.45, 2.75) is 18.2 Å². The van der Waals surface area contributed by atoms with Crippen molar-refractivity contribution in [3.63, 3.8) is 0 Å². The molecule has 1 aliphatic carbocycles. The van der Waals surface area contributed by atoms with Crippen molar-refractivity contribution in [1.82, 2.24) is 0 Å². The van der Waals surface area contributed by atoms with E-state index in [-0.39, 0.29) is 10.8 Å². The number of benzene rings is 3. The van der Waals surface area contributed by atoms with Crippen LogP contribution in [0.4, 0.5) is 11.4 Å². The molecule has 0 fully saturated rings. The zero-order chi connectivity index (χ0) is 20.6. The van der Waals surface area contributed by atoms with Gasteiger partial charge in [-0.3, -0.25) is 9.52 Å². The second kappa shape index (κ2) is 7.25. The predicted molar refractivity (Wildman–Crippen MR) is 113 cm³/mol. The molecule has 4 rings (SSSR count). The first kappa shape index (κ1) is 19.0. The number of hydrogen-bond acceptors (Lipinski definition) is 4. The lowest BCUT2D eigenvalue weighted by Crippen LogP contribution is -2.14. The molecular formula is C22H20N2O4S. The number of nitrogens with one attached hydrogen (secondary N) is 2. The second-order valence-electron chi connectivity index (χ2n) is 6.85. The fourth-order valence-corrected chi connectivity index (χ4v) is 4.62. The largest absolute Gasteiger partial charge is 0.495 e. The third kappa shape index (κ3) is 3.69. The Kier molecular flexibility index (Phi) is 4.76. The minimum Gasteiger partial charge on any atom is -0.495 e. The van der Waals surface area contributed by atoms with Gasteiger partial charge in [-0.2, -0.15) is 0 Å². The van der Waals surface area contributed by atoms with E-state index in [1.165, 1.54) is 43.4 Å². The van der Waals surface area contributed by atoms with Crippen molar-refractivity contribution < 1.29 is 17.9 Å². The van der Waals surface area contributed by atoms with Crippen LogP contribution in [-0.4, -0.2) is 21.4 Å². The van der Waals surface area contributed by atoms with Gasteiger partial charge in [0.15, 0.2) is 0 Å². The number of amides is 1. The Morgan fingerprint density at radius 2 is 1.72 bits per heavy atom. The molecule has 29 heavy (non-hydrogen) atoms. The lowest BCUT2D eigenvalue weighted by atomic mass is 10.1. The van der Waals surface area contributed by atoms with E-state index in [9.17, 15) is 13.2 Å². The number of anilines is 2. The molecule has 2 N–H and O–H groups in total. The molecule has 6 nitrogen and oxygen atoms in total. The Morgan fingerprint density at radius 1 is 0.966 bits per heavy atom. The molecule has 3 aromatic rings. The average Bonchev–Trinajstić information content (AvgIpc) is 3.05. The van der Waals surface area contributed by atoms with Crippen molar-refractivity contribution in [2.75, 3.05) is 17.1 Å². The molecule has 0 spiro atoms. The highest BCUT2D eigenvalue weighted by molar-refractivity contribution is 7.92. The maximum atomic E-state index is 12.9. The molecule has 0 bridgehead atoms. The average molecular weight is 408 g/mol. The Labute approximate surface area is 169 Å². The van der Waals surface area contributed by atoms with Gasteiger partial charge >= 0.3 is 0 Å². The molecule has 0 aliphatic heterocycles. The fraction of sp³-hybridized carbons (Fsp3) is 0.136. The van der Waals surface area contributed by atoms with Crippen LogP contribution >= 0.6 is 0 Å². The number of carbonyl (C=O) groups is 1. The number of ether oxygens (including phenoxy) is 1. The third-order valence-corrected chi connectivity index (χ3v) is 6.22. The van der Waals surface area contributed by atoms with E-state index >= 15 is 0 Å². The Bertz CT molecular complexity index is 1220. The minimum atomic E-state index is -3.85. The molecule has 0 atom stereocenters. The molecule has 0 heterocycles. The van der Waals surface area contributed by atoms with Crippen LogP contribution in [0, 0.1) is 0 Å². The summed E-state index contributed by atoms with van der Waals surface area (Å²) in [6.07, 6.45) is 0.844. The van der Waals surface area contributed by atoms with Gasteiger partial charge in [0.25, 0.3) is 10.0 Å². The van der Waals surface area contributed by atoms with E-state index in [1.54, 1.807) is 6.07 Å². The third-order valence-electron chi connectivity index (χ3n) is 4.84. The summed E-state index contributed by atoms with van der Waals surface area (Å²) >= 11 is 0. The van der Waals surface area contributed by atoms with Crippen LogP contribution in [0.2, 0.25) is 0 Å². The van der Waals surface area contributed by atoms with Gasteiger partial charge in [-0.05, 0) is 59.0 Å². The minimum absolute atomic E-state index is 0.0305. The SMILES string of the molecule is COc1ccc(S(=O)(=O)Nc2ccc3c(c2)-c2ccccc2C3)cc1NC(C)=O. The lowest BCUT2D eigenvalue weighted by molar-refractivity contribution is -0.114. The summed E-state index contributed by atoms with van der Waals surface area (Å²) in [4.78, 5) is 11.4. The van der Waals surface area contributed by atoms with Crippen LogP contribution in [0.3, 0.4) is 0 Å². The molecule has 148 valence electrons. The van der Waals surface area contributed by atoms with Crippen molar-refractivity contribution in [2.24, 2.45) is 0 Å². The van der Waals surface area contributed by atoms with Gasteiger partial charge in [0, 0.05) is 12.6 Å². The summed E-state index contributed by atoms with van der Waals surface area (Å²) in [6, 6.07) is 18.0. The molecule has 3 aromatic carbocycles. The smallest absolute Gasteiger partial charge is 0.261 e. The highest BCUT2D eigenvalue weighted by Crippen LogP contribution is 2.38. The topological polar surface area (TPSA) is 84.5 Å². The first-order valence-corrected chi connectivity index (χ1v) is 10.6. The lowest BCUT2D eigenvalue weighted by Gasteiger charge is -2.13. The van der Waals surface area contributed by atoms with Gasteiger partial charge in [0.1, 0.15) is 5.75 Å². The number of carbonyl (C=O) groups excluding carboxylic acids is 1. The van der Waals surface area contributed by atoms with E-state index in [4.69, 9.17) is 4.74 Å². The standard InChI is InChI=1S/C22H20N2O4S/c1-14(25)23-21-13-18(9-10-22(21)28-2)29(26,27)24-17-8-7-16-11-15-5-3-4-6-19(15)20(16)12-17/h3-10,12-13,24H,11H2,1-2H3,(H,23,25). The first-order chi connectivity index (χ1) is 13.9. The quantitative estimate of drug-likeness (QED) is 0.522. The summed E-state index contributed by atoms with van der Waals surface area (Å²) in [5.74, 6) is 0.0661. The van der Waals surface area contributed by atoms with Gasteiger partial charge in [-0.15, -0.1) is 0 Å². The molecule has 1 amide bonds. The molecule has 0 saturated heterocycles. The monoisotopic (exact) mass is 408 g/mol. The molecule has 7 heteroatoms. The number of hydrogen-bond donors (Lipinski definition) is 2. The Balaban J connectivity index is 1.66.